The molecule has 0 aliphatic carbocycles. The number of aliphatic hydroxyl groups excluding tert-OH is 3. The molecule has 0 unspecified atom stereocenters. The molecule has 3 N–H and O–H groups in total. The minimum atomic E-state index is -0.0911. The number of rotatable bonds is 30. The molecule has 0 bridgehead atoms. The molecule has 0 aliphatic heterocycles. The molecule has 0 aromatic carbocycles. The zero-order valence-corrected chi connectivity index (χ0v) is 26.5. The van der Waals surface area contributed by atoms with Gasteiger partial charge in [0.2, 0.25) is 0 Å². The molecule has 0 spiro atoms. The van der Waals surface area contributed by atoms with Gasteiger partial charge in [-0.1, -0.05) is 116 Å². The van der Waals surface area contributed by atoms with Crippen LogP contribution >= 0.6 is 0 Å². The molecular weight excluding hydrogens is 492 g/mol. The number of unbranched alkanes of at least 4 members (excludes halogenated alkanes) is 24. The van der Waals surface area contributed by atoms with Crippen molar-refractivity contribution in [1.82, 2.24) is 0 Å². The molecule has 0 saturated heterocycles. The Balaban J connectivity index is 3.26. The van der Waals surface area contributed by atoms with Crippen molar-refractivity contribution in [2.45, 2.75) is 199 Å². The highest BCUT2D eigenvalue weighted by Gasteiger charge is 2.03. The van der Waals surface area contributed by atoms with E-state index in [0.29, 0.717) is 13.2 Å². The van der Waals surface area contributed by atoms with Gasteiger partial charge in [0.15, 0.2) is 0 Å². The molecular formula is C37H68O3. The molecule has 40 heavy (non-hydrogen) atoms. The molecule has 0 saturated carbocycles. The van der Waals surface area contributed by atoms with E-state index in [-0.39, 0.29) is 6.10 Å². The first-order chi connectivity index (χ1) is 19.8. The summed E-state index contributed by atoms with van der Waals surface area (Å²) in [6, 6.07) is 0. The van der Waals surface area contributed by atoms with Crippen LogP contribution in [-0.4, -0.2) is 34.6 Å². The molecule has 3 nitrogen and oxygen atoms in total. The number of hydrogen-bond donors (Lipinski definition) is 3. The van der Waals surface area contributed by atoms with E-state index in [4.69, 9.17) is 10.2 Å². The average Bonchev–Trinajstić information content (AvgIpc) is 2.96. The van der Waals surface area contributed by atoms with Gasteiger partial charge in [-0.25, -0.2) is 0 Å². The van der Waals surface area contributed by atoms with Crippen molar-refractivity contribution < 1.29 is 15.3 Å². The van der Waals surface area contributed by atoms with Crippen molar-refractivity contribution >= 4 is 0 Å². The minimum absolute atomic E-state index is 0.0911. The molecule has 3 heteroatoms. The Kier molecular flexibility index (Phi) is 35.1. The second-order valence-corrected chi connectivity index (χ2v) is 11.9. The maximum absolute atomic E-state index is 10.3. The van der Waals surface area contributed by atoms with Gasteiger partial charge in [0.1, 0.15) is 0 Å². The first kappa shape index (κ1) is 39.0. The lowest BCUT2D eigenvalue weighted by Crippen LogP contribution is -2.05. The average molecular weight is 561 g/mol. The summed E-state index contributed by atoms with van der Waals surface area (Å²) >= 11 is 0. The van der Waals surface area contributed by atoms with E-state index in [1.807, 2.05) is 0 Å². The van der Waals surface area contributed by atoms with Crippen molar-refractivity contribution in [3.8, 4) is 23.7 Å². The van der Waals surface area contributed by atoms with Crippen LogP contribution in [0.1, 0.15) is 193 Å². The highest BCUT2D eigenvalue weighted by Crippen LogP contribution is 2.15. The predicted octanol–water partition coefficient (Wildman–Crippen LogP) is 10.0. The molecule has 0 rings (SSSR count). The molecule has 0 amide bonds. The zero-order chi connectivity index (χ0) is 29.0. The molecule has 0 aromatic rings. The Morgan fingerprint density at radius 3 is 0.800 bits per heavy atom. The quantitative estimate of drug-likeness (QED) is 0.0605. The van der Waals surface area contributed by atoms with Gasteiger partial charge in [-0.05, 0) is 51.4 Å². The van der Waals surface area contributed by atoms with Crippen LogP contribution in [0, 0.1) is 23.7 Å². The van der Waals surface area contributed by atoms with E-state index in [9.17, 15) is 5.11 Å². The van der Waals surface area contributed by atoms with Crippen molar-refractivity contribution in [3.63, 3.8) is 0 Å². The second-order valence-electron chi connectivity index (χ2n) is 11.9. The third kappa shape index (κ3) is 35.0. The standard InChI is InChI=1S/C37H68O3/c38-35-31-27-23-19-15-11-7-3-1-5-9-13-17-21-25-29-33-37(40)34-30-26-22-18-14-10-6-2-4-8-12-16-20-24-28-32-36-39/h37-40H,5-36H2. The summed E-state index contributed by atoms with van der Waals surface area (Å²) in [6.07, 6.45) is 35.5. The monoisotopic (exact) mass is 561 g/mol. The Morgan fingerprint density at radius 2 is 0.525 bits per heavy atom. The SMILES string of the molecule is OCCCCCCCCC#CCCCCCCCCC(O)CCCCCCCCC#CCCCCCCCCO. The number of hydrogen-bond acceptors (Lipinski definition) is 3. The van der Waals surface area contributed by atoms with E-state index in [2.05, 4.69) is 23.7 Å². The smallest absolute Gasteiger partial charge is 0.0540 e. The molecule has 0 fully saturated rings. The zero-order valence-electron chi connectivity index (χ0n) is 26.5. The third-order valence-electron chi connectivity index (χ3n) is 7.85. The molecule has 0 heterocycles. The van der Waals surface area contributed by atoms with Crippen molar-refractivity contribution in [3.05, 3.63) is 0 Å². The van der Waals surface area contributed by atoms with Gasteiger partial charge in [-0.3, -0.25) is 0 Å². The molecule has 0 aromatic heterocycles. The summed E-state index contributed by atoms with van der Waals surface area (Å²) in [5.74, 6) is 13.4. The largest absolute Gasteiger partial charge is 0.396 e. The third-order valence-corrected chi connectivity index (χ3v) is 7.85. The number of aliphatic hydroxyl groups is 3. The maximum atomic E-state index is 10.3. The summed E-state index contributed by atoms with van der Waals surface area (Å²) in [4.78, 5) is 0. The fourth-order valence-corrected chi connectivity index (χ4v) is 5.16. The summed E-state index contributed by atoms with van der Waals surface area (Å²) in [7, 11) is 0. The molecule has 0 radical (unpaired) electrons. The van der Waals surface area contributed by atoms with E-state index in [1.165, 1.54) is 128 Å². The molecule has 0 aliphatic rings. The lowest BCUT2D eigenvalue weighted by molar-refractivity contribution is 0.147. The Hall–Kier alpha value is -1.00. The van der Waals surface area contributed by atoms with Gasteiger partial charge in [-0.2, -0.15) is 0 Å². The van der Waals surface area contributed by atoms with Crippen LogP contribution in [0.3, 0.4) is 0 Å². The first-order valence-corrected chi connectivity index (χ1v) is 17.6. The van der Waals surface area contributed by atoms with E-state index in [1.54, 1.807) is 0 Å². The minimum Gasteiger partial charge on any atom is -0.396 e. The van der Waals surface area contributed by atoms with E-state index < -0.39 is 0 Å². The van der Waals surface area contributed by atoms with Gasteiger partial charge < -0.3 is 15.3 Å². The first-order valence-electron chi connectivity index (χ1n) is 17.6. The van der Waals surface area contributed by atoms with Crippen LogP contribution in [0.15, 0.2) is 0 Å². The van der Waals surface area contributed by atoms with Gasteiger partial charge in [0.25, 0.3) is 0 Å². The Labute approximate surface area is 250 Å². The van der Waals surface area contributed by atoms with Crippen molar-refractivity contribution in [2.24, 2.45) is 0 Å². The topological polar surface area (TPSA) is 60.7 Å². The van der Waals surface area contributed by atoms with E-state index in [0.717, 1.165) is 64.2 Å². The van der Waals surface area contributed by atoms with Gasteiger partial charge in [0, 0.05) is 38.9 Å². The second kappa shape index (κ2) is 36.0. The Bertz CT molecular complexity index is 542. The highest BCUT2D eigenvalue weighted by atomic mass is 16.3. The fraction of sp³-hybridized carbons (Fsp3) is 0.892. The molecule has 234 valence electrons. The van der Waals surface area contributed by atoms with Crippen LogP contribution < -0.4 is 0 Å². The highest BCUT2D eigenvalue weighted by molar-refractivity contribution is 4.99. The van der Waals surface area contributed by atoms with Gasteiger partial charge >= 0.3 is 0 Å². The summed E-state index contributed by atoms with van der Waals surface area (Å²) in [5, 5.41) is 27.8. The van der Waals surface area contributed by atoms with Gasteiger partial charge in [0.05, 0.1) is 6.10 Å². The van der Waals surface area contributed by atoms with Crippen LogP contribution in [0.4, 0.5) is 0 Å². The predicted molar refractivity (Wildman–Crippen MR) is 174 cm³/mol. The summed E-state index contributed by atoms with van der Waals surface area (Å²) < 4.78 is 0. The fourth-order valence-electron chi connectivity index (χ4n) is 5.16. The van der Waals surface area contributed by atoms with Crippen LogP contribution in [0.5, 0.6) is 0 Å². The van der Waals surface area contributed by atoms with Crippen molar-refractivity contribution in [2.75, 3.05) is 13.2 Å². The van der Waals surface area contributed by atoms with Crippen LogP contribution in [0.25, 0.3) is 0 Å². The van der Waals surface area contributed by atoms with Crippen LogP contribution in [-0.2, 0) is 0 Å². The molecule has 0 atom stereocenters. The van der Waals surface area contributed by atoms with Crippen LogP contribution in [0.2, 0.25) is 0 Å². The Morgan fingerprint density at radius 1 is 0.300 bits per heavy atom. The lowest BCUT2D eigenvalue weighted by atomic mass is 10.0. The van der Waals surface area contributed by atoms with E-state index >= 15 is 0 Å². The summed E-state index contributed by atoms with van der Waals surface area (Å²) in [6.45, 7) is 0.673. The normalized spacial score (nSPS) is 10.9. The van der Waals surface area contributed by atoms with Crippen molar-refractivity contribution in [1.29, 1.82) is 0 Å². The maximum Gasteiger partial charge on any atom is 0.0540 e. The summed E-state index contributed by atoms with van der Waals surface area (Å²) in [5.41, 5.74) is 0. The lowest BCUT2D eigenvalue weighted by Gasteiger charge is -2.10. The van der Waals surface area contributed by atoms with Gasteiger partial charge in [-0.15, -0.1) is 23.7 Å².